The fourth-order valence-corrected chi connectivity index (χ4v) is 2.99. The molecule has 1 amide bonds. The SMILES string of the molecule is CCC(CCBr)NC(=O)C(c1ccccc1)C(C)CC. The number of nitrogens with one attached hydrogen (secondary N) is 1. The first kappa shape index (κ1) is 17.2. The van der Waals surface area contributed by atoms with Gasteiger partial charge >= 0.3 is 0 Å². The second kappa shape index (κ2) is 9.17. The monoisotopic (exact) mass is 339 g/mol. The number of carbonyl (C=O) groups is 1. The summed E-state index contributed by atoms with van der Waals surface area (Å²) in [5.41, 5.74) is 1.12. The number of hydrogen-bond acceptors (Lipinski definition) is 1. The Kier molecular flexibility index (Phi) is 7.90. The van der Waals surface area contributed by atoms with Crippen LogP contribution in [0.4, 0.5) is 0 Å². The zero-order chi connectivity index (χ0) is 15.0. The molecule has 0 fully saturated rings. The van der Waals surface area contributed by atoms with Gasteiger partial charge in [-0.2, -0.15) is 0 Å². The summed E-state index contributed by atoms with van der Waals surface area (Å²) in [5, 5.41) is 4.13. The lowest BCUT2D eigenvalue weighted by molar-refractivity contribution is -0.124. The summed E-state index contributed by atoms with van der Waals surface area (Å²) in [5.74, 6) is 0.461. The Balaban J connectivity index is 2.86. The molecule has 0 saturated heterocycles. The Morgan fingerprint density at radius 2 is 1.85 bits per heavy atom. The van der Waals surface area contributed by atoms with E-state index in [1.165, 1.54) is 0 Å². The van der Waals surface area contributed by atoms with Crippen LogP contribution < -0.4 is 5.32 Å². The molecule has 0 spiro atoms. The molecule has 0 bridgehead atoms. The van der Waals surface area contributed by atoms with Crippen LogP contribution in [0.2, 0.25) is 0 Å². The summed E-state index contributed by atoms with van der Waals surface area (Å²) in [6.45, 7) is 6.42. The average molecular weight is 340 g/mol. The van der Waals surface area contributed by atoms with Crippen molar-refractivity contribution in [2.24, 2.45) is 5.92 Å². The van der Waals surface area contributed by atoms with Crippen LogP contribution in [0.1, 0.15) is 51.5 Å². The summed E-state index contributed by atoms with van der Waals surface area (Å²) in [6.07, 6.45) is 2.95. The van der Waals surface area contributed by atoms with Gasteiger partial charge in [0.25, 0.3) is 0 Å². The maximum atomic E-state index is 12.7. The molecular weight excluding hydrogens is 314 g/mol. The molecule has 0 heterocycles. The summed E-state index contributed by atoms with van der Waals surface area (Å²) in [7, 11) is 0. The third-order valence-corrected chi connectivity index (χ3v) is 4.41. The highest BCUT2D eigenvalue weighted by molar-refractivity contribution is 9.09. The fourth-order valence-electron chi connectivity index (χ4n) is 2.44. The van der Waals surface area contributed by atoms with Crippen molar-refractivity contribution in [1.82, 2.24) is 5.32 Å². The number of amides is 1. The molecule has 3 unspecified atom stereocenters. The van der Waals surface area contributed by atoms with E-state index in [1.807, 2.05) is 18.2 Å². The highest BCUT2D eigenvalue weighted by atomic mass is 79.9. The molecule has 3 heteroatoms. The minimum atomic E-state index is -0.0504. The van der Waals surface area contributed by atoms with Gasteiger partial charge in [-0.15, -0.1) is 0 Å². The highest BCUT2D eigenvalue weighted by Gasteiger charge is 2.26. The minimum absolute atomic E-state index is 0.0504. The summed E-state index contributed by atoms with van der Waals surface area (Å²) < 4.78 is 0. The van der Waals surface area contributed by atoms with Crippen LogP contribution in [-0.4, -0.2) is 17.3 Å². The molecule has 112 valence electrons. The van der Waals surface area contributed by atoms with Crippen LogP contribution in [-0.2, 0) is 4.79 Å². The fraction of sp³-hybridized carbons (Fsp3) is 0.588. The maximum absolute atomic E-state index is 12.7. The number of rotatable bonds is 8. The van der Waals surface area contributed by atoms with Crippen molar-refractivity contribution in [3.8, 4) is 0 Å². The van der Waals surface area contributed by atoms with Crippen molar-refractivity contribution < 1.29 is 4.79 Å². The normalized spacial score (nSPS) is 15.4. The molecule has 0 aliphatic carbocycles. The molecule has 0 aromatic heterocycles. The van der Waals surface area contributed by atoms with Crippen molar-refractivity contribution in [1.29, 1.82) is 0 Å². The smallest absolute Gasteiger partial charge is 0.228 e. The van der Waals surface area contributed by atoms with Crippen LogP contribution in [0, 0.1) is 5.92 Å². The molecule has 1 aromatic carbocycles. The summed E-state index contributed by atoms with van der Waals surface area (Å²) >= 11 is 3.45. The van der Waals surface area contributed by atoms with Crippen molar-refractivity contribution >= 4 is 21.8 Å². The average Bonchev–Trinajstić information content (AvgIpc) is 2.47. The van der Waals surface area contributed by atoms with E-state index >= 15 is 0 Å². The van der Waals surface area contributed by atoms with Crippen molar-refractivity contribution in [3.63, 3.8) is 0 Å². The van der Waals surface area contributed by atoms with Gasteiger partial charge < -0.3 is 5.32 Å². The first-order chi connectivity index (χ1) is 9.63. The summed E-state index contributed by atoms with van der Waals surface area (Å²) in [4.78, 5) is 12.7. The van der Waals surface area contributed by atoms with Gasteiger partial charge in [-0.1, -0.05) is 73.5 Å². The Morgan fingerprint density at radius 3 is 2.35 bits per heavy atom. The predicted molar refractivity (Wildman–Crippen MR) is 89.3 cm³/mol. The lowest BCUT2D eigenvalue weighted by Gasteiger charge is -2.25. The van der Waals surface area contributed by atoms with Crippen LogP contribution in [0.3, 0.4) is 0 Å². The lowest BCUT2D eigenvalue weighted by atomic mass is 9.84. The molecular formula is C17H26BrNO. The van der Waals surface area contributed by atoms with Crippen LogP contribution in [0.5, 0.6) is 0 Å². The highest BCUT2D eigenvalue weighted by Crippen LogP contribution is 2.27. The van der Waals surface area contributed by atoms with Crippen molar-refractivity contribution in [3.05, 3.63) is 35.9 Å². The van der Waals surface area contributed by atoms with Gasteiger partial charge in [0.2, 0.25) is 5.91 Å². The van der Waals surface area contributed by atoms with Gasteiger partial charge in [0.1, 0.15) is 0 Å². The molecule has 20 heavy (non-hydrogen) atoms. The van der Waals surface area contributed by atoms with Gasteiger partial charge in [0, 0.05) is 11.4 Å². The first-order valence-electron chi connectivity index (χ1n) is 7.55. The molecule has 0 radical (unpaired) electrons. The Labute approximate surface area is 131 Å². The van der Waals surface area contributed by atoms with E-state index in [4.69, 9.17) is 0 Å². The number of alkyl halides is 1. The van der Waals surface area contributed by atoms with Crippen molar-refractivity contribution in [2.75, 3.05) is 5.33 Å². The van der Waals surface area contributed by atoms with Gasteiger partial charge in [-0.3, -0.25) is 4.79 Å². The molecule has 3 atom stereocenters. The van der Waals surface area contributed by atoms with Crippen molar-refractivity contribution in [2.45, 2.75) is 52.0 Å². The zero-order valence-electron chi connectivity index (χ0n) is 12.7. The van der Waals surface area contributed by atoms with Gasteiger partial charge in [-0.05, 0) is 24.3 Å². The van der Waals surface area contributed by atoms with E-state index in [9.17, 15) is 4.79 Å². The Morgan fingerprint density at radius 1 is 1.20 bits per heavy atom. The standard InChI is InChI=1S/C17H26BrNO/c1-4-13(3)16(14-9-7-6-8-10-14)17(20)19-15(5-2)11-12-18/h6-10,13,15-16H,4-5,11-12H2,1-3H3,(H,19,20). The third-order valence-electron chi connectivity index (χ3n) is 3.95. The second-order valence-corrected chi connectivity index (χ2v) is 6.16. The van der Waals surface area contributed by atoms with E-state index < -0.39 is 0 Å². The number of benzene rings is 1. The number of carbonyl (C=O) groups excluding carboxylic acids is 1. The van der Waals surface area contributed by atoms with Crippen LogP contribution in [0.25, 0.3) is 0 Å². The van der Waals surface area contributed by atoms with Crippen LogP contribution >= 0.6 is 15.9 Å². The largest absolute Gasteiger partial charge is 0.353 e. The third kappa shape index (κ3) is 4.93. The lowest BCUT2D eigenvalue weighted by Crippen LogP contribution is -2.39. The first-order valence-corrected chi connectivity index (χ1v) is 8.67. The minimum Gasteiger partial charge on any atom is -0.353 e. The number of hydrogen-bond donors (Lipinski definition) is 1. The maximum Gasteiger partial charge on any atom is 0.228 e. The molecule has 1 rings (SSSR count). The van der Waals surface area contributed by atoms with Gasteiger partial charge in [-0.25, -0.2) is 0 Å². The van der Waals surface area contributed by atoms with E-state index in [0.717, 1.165) is 30.2 Å². The van der Waals surface area contributed by atoms with Gasteiger partial charge in [0.15, 0.2) is 0 Å². The molecule has 0 saturated carbocycles. The second-order valence-electron chi connectivity index (χ2n) is 5.37. The molecule has 1 N–H and O–H groups in total. The number of halogens is 1. The van der Waals surface area contributed by atoms with E-state index in [0.29, 0.717) is 5.92 Å². The molecule has 2 nitrogen and oxygen atoms in total. The molecule has 1 aromatic rings. The van der Waals surface area contributed by atoms with Crippen LogP contribution in [0.15, 0.2) is 30.3 Å². The molecule has 0 aliphatic rings. The quantitative estimate of drug-likeness (QED) is 0.694. The van der Waals surface area contributed by atoms with E-state index in [-0.39, 0.29) is 17.9 Å². The van der Waals surface area contributed by atoms with E-state index in [1.54, 1.807) is 0 Å². The zero-order valence-corrected chi connectivity index (χ0v) is 14.3. The predicted octanol–water partition coefficient (Wildman–Crippen LogP) is 4.50. The summed E-state index contributed by atoms with van der Waals surface area (Å²) in [6, 6.07) is 10.4. The molecule has 0 aliphatic heterocycles. The topological polar surface area (TPSA) is 29.1 Å². The Hall–Kier alpha value is -0.830. The Bertz CT molecular complexity index is 393. The van der Waals surface area contributed by atoms with E-state index in [2.05, 4.69) is 54.2 Å². The van der Waals surface area contributed by atoms with Gasteiger partial charge in [0.05, 0.1) is 5.92 Å².